The van der Waals surface area contributed by atoms with Crippen LogP contribution in [0.1, 0.15) is 38.4 Å². The van der Waals surface area contributed by atoms with Crippen molar-refractivity contribution in [3.8, 4) is 11.1 Å². The molecule has 0 saturated carbocycles. The zero-order valence-electron chi connectivity index (χ0n) is 17.4. The first-order valence-electron chi connectivity index (χ1n) is 9.66. The van der Waals surface area contributed by atoms with Crippen molar-refractivity contribution in [2.24, 2.45) is 0 Å². The lowest BCUT2D eigenvalue weighted by Gasteiger charge is -2.12. The van der Waals surface area contributed by atoms with Crippen LogP contribution in [-0.2, 0) is 0 Å². The summed E-state index contributed by atoms with van der Waals surface area (Å²) in [5.74, 6) is -0.184. The van der Waals surface area contributed by atoms with E-state index in [-0.39, 0.29) is 5.91 Å². The Bertz CT molecular complexity index is 1250. The quantitative estimate of drug-likeness (QED) is 0.529. The van der Waals surface area contributed by atoms with Gasteiger partial charge in [0.05, 0.1) is 17.0 Å². The third-order valence-corrected chi connectivity index (χ3v) is 5.46. The van der Waals surface area contributed by atoms with Crippen LogP contribution in [0, 0.1) is 34.6 Å². The van der Waals surface area contributed by atoms with Crippen molar-refractivity contribution in [3.63, 3.8) is 0 Å². The largest absolute Gasteiger partial charge is 0.322 e. The number of hydrogen-bond acceptors (Lipinski definition) is 3. The monoisotopic (exact) mass is 384 g/mol. The Morgan fingerprint density at radius 2 is 1.76 bits per heavy atom. The van der Waals surface area contributed by atoms with Crippen LogP contribution in [0.3, 0.4) is 0 Å². The van der Waals surface area contributed by atoms with E-state index >= 15 is 0 Å². The first-order valence-corrected chi connectivity index (χ1v) is 9.66. The summed E-state index contributed by atoms with van der Waals surface area (Å²) in [6.45, 7) is 9.98. The summed E-state index contributed by atoms with van der Waals surface area (Å²) in [6.07, 6.45) is 1.64. The van der Waals surface area contributed by atoms with E-state index in [1.165, 1.54) is 5.56 Å². The van der Waals surface area contributed by atoms with Gasteiger partial charge >= 0.3 is 0 Å². The van der Waals surface area contributed by atoms with Crippen molar-refractivity contribution in [2.75, 3.05) is 5.32 Å². The molecule has 0 aliphatic heterocycles. The van der Waals surface area contributed by atoms with Crippen molar-refractivity contribution < 1.29 is 4.79 Å². The number of nitrogens with one attached hydrogen (secondary N) is 1. The highest BCUT2D eigenvalue weighted by molar-refractivity contribution is 6.05. The van der Waals surface area contributed by atoms with E-state index < -0.39 is 0 Å². The molecule has 0 aliphatic carbocycles. The lowest BCUT2D eigenvalue weighted by Crippen LogP contribution is -2.17. The molecule has 0 radical (unpaired) electrons. The predicted molar refractivity (Wildman–Crippen MR) is 117 cm³/mol. The van der Waals surface area contributed by atoms with Gasteiger partial charge in [0.1, 0.15) is 0 Å². The number of carbonyl (C=O) groups is 1. The van der Waals surface area contributed by atoms with Gasteiger partial charge in [0.25, 0.3) is 5.91 Å². The van der Waals surface area contributed by atoms with Crippen molar-refractivity contribution in [3.05, 3.63) is 82.3 Å². The third-order valence-electron chi connectivity index (χ3n) is 5.46. The number of fused-ring (bicyclic) bond motifs is 1. The maximum atomic E-state index is 13.0. The van der Waals surface area contributed by atoms with E-state index in [9.17, 15) is 4.79 Å². The first kappa shape index (κ1) is 18.9. The molecule has 5 nitrogen and oxygen atoms in total. The van der Waals surface area contributed by atoms with Crippen LogP contribution in [0.15, 0.2) is 48.7 Å². The SMILES string of the molecule is Cc1cccc(-c2c(C)nn3c(C)c(C(=O)Nc4cccc(C)c4C)cnc23)c1. The van der Waals surface area contributed by atoms with E-state index in [4.69, 9.17) is 0 Å². The minimum Gasteiger partial charge on any atom is -0.322 e. The van der Waals surface area contributed by atoms with Gasteiger partial charge in [-0.3, -0.25) is 4.79 Å². The van der Waals surface area contributed by atoms with Gasteiger partial charge < -0.3 is 5.32 Å². The second-order valence-corrected chi connectivity index (χ2v) is 7.52. The molecular formula is C24H24N4O. The van der Waals surface area contributed by atoms with E-state index in [1.54, 1.807) is 10.7 Å². The Morgan fingerprint density at radius 3 is 2.52 bits per heavy atom. The molecule has 0 unspecified atom stereocenters. The second kappa shape index (κ2) is 7.17. The average molecular weight is 384 g/mol. The number of amides is 1. The lowest BCUT2D eigenvalue weighted by molar-refractivity contribution is 0.102. The summed E-state index contributed by atoms with van der Waals surface area (Å²) in [4.78, 5) is 17.6. The molecule has 4 rings (SSSR count). The first-order chi connectivity index (χ1) is 13.9. The number of carbonyl (C=O) groups excluding carboxylic acids is 1. The van der Waals surface area contributed by atoms with Crippen LogP contribution in [0.2, 0.25) is 0 Å². The molecule has 1 amide bonds. The highest BCUT2D eigenvalue weighted by Gasteiger charge is 2.19. The molecule has 1 N–H and O–H groups in total. The summed E-state index contributed by atoms with van der Waals surface area (Å²) >= 11 is 0. The Kier molecular flexibility index (Phi) is 4.66. The summed E-state index contributed by atoms with van der Waals surface area (Å²) in [7, 11) is 0. The Balaban J connectivity index is 1.77. The molecule has 0 aliphatic rings. The molecule has 0 atom stereocenters. The summed E-state index contributed by atoms with van der Waals surface area (Å²) < 4.78 is 1.77. The fourth-order valence-electron chi connectivity index (χ4n) is 3.64. The van der Waals surface area contributed by atoms with Crippen LogP contribution < -0.4 is 5.32 Å². The van der Waals surface area contributed by atoms with Gasteiger partial charge in [-0.15, -0.1) is 0 Å². The van der Waals surface area contributed by atoms with E-state index in [1.807, 2.05) is 52.0 Å². The van der Waals surface area contributed by atoms with E-state index in [0.29, 0.717) is 5.56 Å². The Labute approximate surface area is 170 Å². The normalized spacial score (nSPS) is 11.1. The average Bonchev–Trinajstić information content (AvgIpc) is 3.02. The van der Waals surface area contributed by atoms with Crippen LogP contribution in [0.4, 0.5) is 5.69 Å². The number of hydrogen-bond donors (Lipinski definition) is 1. The van der Waals surface area contributed by atoms with Crippen molar-refractivity contribution >= 4 is 17.2 Å². The van der Waals surface area contributed by atoms with Gasteiger partial charge in [-0.25, -0.2) is 9.50 Å². The van der Waals surface area contributed by atoms with Crippen molar-refractivity contribution in [2.45, 2.75) is 34.6 Å². The molecule has 2 aromatic carbocycles. The number of nitrogens with zero attached hydrogens (tertiary/aromatic N) is 3. The van der Waals surface area contributed by atoms with Gasteiger partial charge in [-0.1, -0.05) is 42.0 Å². The lowest BCUT2D eigenvalue weighted by atomic mass is 10.0. The topological polar surface area (TPSA) is 59.3 Å². The number of aryl methyl sites for hydroxylation is 4. The molecule has 2 heterocycles. The fourth-order valence-corrected chi connectivity index (χ4v) is 3.64. The van der Waals surface area contributed by atoms with Gasteiger partial charge in [0.15, 0.2) is 5.65 Å². The van der Waals surface area contributed by atoms with E-state index in [0.717, 1.165) is 45.0 Å². The number of benzene rings is 2. The van der Waals surface area contributed by atoms with Gasteiger partial charge in [0.2, 0.25) is 0 Å². The molecule has 2 aromatic heterocycles. The smallest absolute Gasteiger partial charge is 0.259 e. The Hall–Kier alpha value is -3.47. The van der Waals surface area contributed by atoms with Crippen molar-refractivity contribution in [1.82, 2.24) is 14.6 Å². The number of rotatable bonds is 3. The van der Waals surface area contributed by atoms with Crippen LogP contribution in [0.25, 0.3) is 16.8 Å². The minimum absolute atomic E-state index is 0.184. The maximum absolute atomic E-state index is 13.0. The molecular weight excluding hydrogens is 360 g/mol. The molecule has 29 heavy (non-hydrogen) atoms. The fraction of sp³-hybridized carbons (Fsp3) is 0.208. The van der Waals surface area contributed by atoms with Crippen molar-refractivity contribution in [1.29, 1.82) is 0 Å². The van der Waals surface area contributed by atoms with E-state index in [2.05, 4.69) is 40.5 Å². The van der Waals surface area contributed by atoms with Crippen LogP contribution in [0.5, 0.6) is 0 Å². The molecule has 0 bridgehead atoms. The molecule has 4 aromatic rings. The molecule has 0 spiro atoms. The zero-order valence-corrected chi connectivity index (χ0v) is 17.4. The predicted octanol–water partition coefficient (Wildman–Crippen LogP) is 5.19. The molecule has 0 saturated heterocycles. The third kappa shape index (κ3) is 3.29. The Morgan fingerprint density at radius 1 is 1.00 bits per heavy atom. The minimum atomic E-state index is -0.184. The highest BCUT2D eigenvalue weighted by Crippen LogP contribution is 2.29. The van der Waals surface area contributed by atoms with Crippen LogP contribution >= 0.6 is 0 Å². The molecule has 146 valence electrons. The molecule has 5 heteroatoms. The summed E-state index contributed by atoms with van der Waals surface area (Å²) in [5, 5.41) is 7.69. The highest BCUT2D eigenvalue weighted by atomic mass is 16.1. The zero-order chi connectivity index (χ0) is 20.7. The number of aromatic nitrogens is 3. The maximum Gasteiger partial charge on any atom is 0.259 e. The van der Waals surface area contributed by atoms with Crippen LogP contribution in [-0.4, -0.2) is 20.5 Å². The summed E-state index contributed by atoms with van der Waals surface area (Å²) in [6, 6.07) is 14.2. The van der Waals surface area contributed by atoms with Gasteiger partial charge in [0, 0.05) is 17.4 Å². The molecule has 0 fully saturated rings. The standard InChI is InChI=1S/C24H24N4O/c1-14-8-6-10-19(12-14)22-17(4)27-28-18(5)20(13-25-23(22)28)24(29)26-21-11-7-9-15(2)16(21)3/h6-13H,1-5H3,(H,26,29). The van der Waals surface area contributed by atoms with Gasteiger partial charge in [-0.05, 0) is 57.4 Å². The number of anilines is 1. The summed E-state index contributed by atoms with van der Waals surface area (Å²) in [5.41, 5.74) is 9.19. The van der Waals surface area contributed by atoms with Gasteiger partial charge in [-0.2, -0.15) is 5.10 Å². The second-order valence-electron chi connectivity index (χ2n) is 7.52.